The monoisotopic (exact) mass is 504 g/mol. The summed E-state index contributed by atoms with van der Waals surface area (Å²) < 4.78 is 24.7. The Labute approximate surface area is 199 Å². The van der Waals surface area contributed by atoms with E-state index in [1.54, 1.807) is 30.3 Å². The van der Waals surface area contributed by atoms with Crippen molar-refractivity contribution in [1.29, 1.82) is 0 Å². The lowest BCUT2D eigenvalue weighted by atomic mass is 9.98. The Bertz CT molecular complexity index is 1380. The fourth-order valence-electron chi connectivity index (χ4n) is 3.83. The van der Waals surface area contributed by atoms with E-state index in [2.05, 4.69) is 35.9 Å². The minimum atomic E-state index is -4.16. The molecule has 10 N–H and O–H groups in total. The number of benzene rings is 2. The van der Waals surface area contributed by atoms with Crippen LogP contribution in [0.5, 0.6) is 0 Å². The molecule has 1 unspecified atom stereocenters. The minimum Gasteiger partial charge on any atom is -0.395 e. The summed E-state index contributed by atoms with van der Waals surface area (Å²) in [6.07, 6.45) is 2.38. The first-order chi connectivity index (χ1) is 16.3. The average molecular weight is 505 g/mol. The van der Waals surface area contributed by atoms with Gasteiger partial charge in [0.25, 0.3) is 0 Å². The van der Waals surface area contributed by atoms with Crippen LogP contribution in [0, 0.1) is 0 Å². The summed E-state index contributed by atoms with van der Waals surface area (Å²) in [6.45, 7) is 1.39. The molecule has 180 valence electrons. The number of sulfonamides is 1. The molecule has 0 spiro atoms. The molecule has 1 aliphatic heterocycles. The molecule has 1 fully saturated rings. The Morgan fingerprint density at radius 3 is 2.62 bits per heavy atom. The van der Waals surface area contributed by atoms with Crippen molar-refractivity contribution >= 4 is 39.0 Å². The summed E-state index contributed by atoms with van der Waals surface area (Å²) in [7, 11) is -4.16. The number of hydrogen-bond donors (Lipinski definition) is 7. The Kier molecular flexibility index (Phi) is 7.11. The van der Waals surface area contributed by atoms with Crippen LogP contribution in [0.25, 0.3) is 33.5 Å². The molecule has 15 heteroatoms. The molecule has 3 heterocycles. The molecular formula is C19H24N10O3S2. The third-order valence-electron chi connectivity index (χ3n) is 5.31. The van der Waals surface area contributed by atoms with Crippen LogP contribution in [0.4, 0.5) is 5.95 Å². The van der Waals surface area contributed by atoms with Gasteiger partial charge in [-0.2, -0.15) is 5.21 Å². The molecule has 2 aromatic heterocycles. The van der Waals surface area contributed by atoms with Gasteiger partial charge in [-0.3, -0.25) is 5.14 Å². The first-order valence-electron chi connectivity index (χ1n) is 10.2. The standard InChI is InChI=1S/C14H13N9O2S2.C5H11NO/c15-14-18-8-3-1-2-7(11(8)19-14)6-4-5-9(26-16)12(27(17,24)25)10(6)13-20-22-23-21-13;7-4-5-2-1-3-6-5/h1-5H,16H2,(H3,15,18,19)(H2,17,24,25)(H,20,21,22,23);5-7H,1-4H2. The van der Waals surface area contributed by atoms with Crippen molar-refractivity contribution < 1.29 is 13.5 Å². The van der Waals surface area contributed by atoms with Crippen LogP contribution in [0.2, 0.25) is 0 Å². The topological polar surface area (TPSA) is 228 Å². The lowest BCUT2D eigenvalue weighted by molar-refractivity contribution is 0.255. The van der Waals surface area contributed by atoms with Gasteiger partial charge in [-0.15, -0.1) is 10.2 Å². The van der Waals surface area contributed by atoms with Gasteiger partial charge in [0.2, 0.25) is 15.8 Å². The molecule has 2 aromatic carbocycles. The van der Waals surface area contributed by atoms with Gasteiger partial charge >= 0.3 is 0 Å². The predicted octanol–water partition coefficient (Wildman–Crippen LogP) is 0.336. The fraction of sp³-hybridized carbons (Fsp3) is 0.263. The molecule has 0 saturated carbocycles. The summed E-state index contributed by atoms with van der Waals surface area (Å²) in [4.78, 5) is 7.31. The smallest absolute Gasteiger partial charge is 0.239 e. The molecule has 0 amide bonds. The predicted molar refractivity (Wildman–Crippen MR) is 129 cm³/mol. The van der Waals surface area contributed by atoms with E-state index in [0.29, 0.717) is 34.8 Å². The van der Waals surface area contributed by atoms with Gasteiger partial charge < -0.3 is 21.1 Å². The number of aliphatic hydroxyl groups excluding tert-OH is 1. The summed E-state index contributed by atoms with van der Waals surface area (Å²) in [5, 5.41) is 36.5. The third-order valence-corrected chi connectivity index (χ3v) is 7.02. The highest BCUT2D eigenvalue weighted by atomic mass is 32.2. The normalized spacial score (nSPS) is 15.9. The van der Waals surface area contributed by atoms with Crippen molar-refractivity contribution in [1.82, 2.24) is 35.9 Å². The number of aromatic nitrogens is 6. The van der Waals surface area contributed by atoms with Gasteiger partial charge in [-0.1, -0.05) is 18.2 Å². The van der Waals surface area contributed by atoms with E-state index < -0.39 is 10.0 Å². The number of para-hydroxylation sites is 1. The van der Waals surface area contributed by atoms with Crippen LogP contribution in [-0.2, 0) is 10.0 Å². The second-order valence-electron chi connectivity index (χ2n) is 7.51. The van der Waals surface area contributed by atoms with E-state index in [4.69, 9.17) is 21.1 Å². The second kappa shape index (κ2) is 10.0. The largest absolute Gasteiger partial charge is 0.395 e. The van der Waals surface area contributed by atoms with Crippen LogP contribution in [0.1, 0.15) is 12.8 Å². The molecule has 34 heavy (non-hydrogen) atoms. The SMILES string of the molecule is NSc1ccc(-c2cccc3[nH]c(N)nc23)c(-c2nn[nH]n2)c1S(N)(=O)=O.OCC1CCCN1. The van der Waals surface area contributed by atoms with Crippen LogP contribution >= 0.6 is 11.9 Å². The van der Waals surface area contributed by atoms with Crippen LogP contribution in [0.3, 0.4) is 0 Å². The summed E-state index contributed by atoms with van der Waals surface area (Å²) in [5.74, 6) is 0.296. The first kappa shape index (κ1) is 24.1. The number of primary sulfonamides is 1. The van der Waals surface area contributed by atoms with E-state index in [1.165, 1.54) is 6.42 Å². The first-order valence-corrected chi connectivity index (χ1v) is 12.6. The number of hydrogen-bond acceptors (Lipinski definition) is 11. The number of rotatable bonds is 5. The number of aromatic amines is 2. The highest BCUT2D eigenvalue weighted by Crippen LogP contribution is 2.41. The number of nitrogens with two attached hydrogens (primary N) is 3. The fourth-order valence-corrected chi connectivity index (χ4v) is 5.52. The molecule has 5 rings (SSSR count). The van der Waals surface area contributed by atoms with Gasteiger partial charge in [0.05, 0.1) is 23.2 Å². The molecule has 0 bridgehead atoms. The van der Waals surface area contributed by atoms with Gasteiger partial charge in [-0.05, 0) is 54.2 Å². The Hall–Kier alpha value is -3.08. The molecule has 1 saturated heterocycles. The van der Waals surface area contributed by atoms with Gasteiger partial charge in [0.15, 0.2) is 5.95 Å². The number of nitrogens with one attached hydrogen (secondary N) is 3. The van der Waals surface area contributed by atoms with Crippen LogP contribution in [0.15, 0.2) is 40.1 Å². The van der Waals surface area contributed by atoms with E-state index >= 15 is 0 Å². The highest BCUT2D eigenvalue weighted by Gasteiger charge is 2.27. The van der Waals surface area contributed by atoms with Gasteiger partial charge in [0.1, 0.15) is 4.90 Å². The summed E-state index contributed by atoms with van der Waals surface area (Å²) in [5.41, 5.74) is 8.33. The van der Waals surface area contributed by atoms with E-state index in [1.807, 2.05) is 0 Å². The Balaban J connectivity index is 0.000000336. The second-order valence-corrected chi connectivity index (χ2v) is 9.69. The van der Waals surface area contributed by atoms with Crippen LogP contribution in [-0.4, -0.2) is 63.3 Å². The maximum atomic E-state index is 12.4. The number of fused-ring (bicyclic) bond motifs is 1. The van der Waals surface area contributed by atoms with Crippen molar-refractivity contribution in [3.05, 3.63) is 30.3 Å². The lowest BCUT2D eigenvalue weighted by Gasteiger charge is -2.14. The molecule has 0 aliphatic carbocycles. The maximum Gasteiger partial charge on any atom is 0.239 e. The van der Waals surface area contributed by atoms with E-state index in [-0.39, 0.29) is 27.1 Å². The van der Waals surface area contributed by atoms with Gasteiger partial charge in [-0.25, -0.2) is 18.5 Å². The molecular weight excluding hydrogens is 480 g/mol. The zero-order valence-electron chi connectivity index (χ0n) is 17.9. The number of imidazole rings is 1. The van der Waals surface area contributed by atoms with E-state index in [0.717, 1.165) is 24.9 Å². The van der Waals surface area contributed by atoms with Crippen molar-refractivity contribution in [3.63, 3.8) is 0 Å². The summed E-state index contributed by atoms with van der Waals surface area (Å²) in [6, 6.07) is 9.05. The zero-order valence-corrected chi connectivity index (χ0v) is 19.5. The zero-order chi connectivity index (χ0) is 24.3. The van der Waals surface area contributed by atoms with Crippen molar-refractivity contribution in [2.24, 2.45) is 10.3 Å². The Morgan fingerprint density at radius 1 is 1.21 bits per heavy atom. The molecule has 4 aromatic rings. The number of H-pyrrole nitrogens is 2. The molecule has 0 radical (unpaired) electrons. The minimum absolute atomic E-state index is 0.0606. The average Bonchev–Trinajstić information content (AvgIpc) is 3.58. The van der Waals surface area contributed by atoms with E-state index in [9.17, 15) is 8.42 Å². The Morgan fingerprint density at radius 2 is 2.03 bits per heavy atom. The van der Waals surface area contributed by atoms with Crippen LogP contribution < -0.4 is 21.3 Å². The summed E-state index contributed by atoms with van der Waals surface area (Å²) >= 11 is 0.758. The lowest BCUT2D eigenvalue weighted by Crippen LogP contribution is -2.24. The number of aliphatic hydroxyl groups is 1. The molecule has 13 nitrogen and oxygen atoms in total. The third kappa shape index (κ3) is 4.89. The quantitative estimate of drug-likeness (QED) is 0.183. The van der Waals surface area contributed by atoms with Crippen molar-refractivity contribution in [2.75, 3.05) is 18.9 Å². The molecule has 1 aliphatic rings. The van der Waals surface area contributed by atoms with Gasteiger partial charge in [0, 0.05) is 16.5 Å². The number of nitrogens with zero attached hydrogens (tertiary/aromatic N) is 4. The molecule has 1 atom stereocenters. The van der Waals surface area contributed by atoms with Crippen molar-refractivity contribution in [2.45, 2.75) is 28.7 Å². The number of nitrogen functional groups attached to an aromatic ring is 1. The number of tetrazole rings is 1. The van der Waals surface area contributed by atoms with Crippen molar-refractivity contribution in [3.8, 4) is 22.5 Å². The highest BCUT2D eigenvalue weighted by molar-refractivity contribution is 7.98. The maximum absolute atomic E-state index is 12.4. The number of anilines is 1.